The maximum atomic E-state index is 12.7. The normalized spacial score (nSPS) is 18.6. The Kier molecular flexibility index (Phi) is 7.64. The van der Waals surface area contributed by atoms with E-state index >= 15 is 0 Å². The maximum absolute atomic E-state index is 12.7. The predicted molar refractivity (Wildman–Crippen MR) is 128 cm³/mol. The summed E-state index contributed by atoms with van der Waals surface area (Å²) in [6.45, 7) is -0.641. The molecule has 9 heteroatoms. The minimum atomic E-state index is -1.16. The molecular formula is C26H29N3O6. The molecule has 2 aromatic carbocycles. The molecule has 1 fully saturated rings. The minimum absolute atomic E-state index is 0.0529. The molecule has 0 aliphatic heterocycles. The van der Waals surface area contributed by atoms with Gasteiger partial charge in [-0.1, -0.05) is 61.4 Å². The molecule has 2 aromatic rings. The highest BCUT2D eigenvalue weighted by atomic mass is 16.5. The third kappa shape index (κ3) is 5.79. The van der Waals surface area contributed by atoms with Crippen LogP contribution in [0, 0.1) is 5.92 Å². The second kappa shape index (κ2) is 11.0. The molecule has 2 atom stereocenters. The van der Waals surface area contributed by atoms with Crippen molar-refractivity contribution in [3.05, 3.63) is 59.7 Å². The summed E-state index contributed by atoms with van der Waals surface area (Å²) in [5, 5.41) is 16.2. The van der Waals surface area contributed by atoms with Gasteiger partial charge in [-0.05, 0) is 35.1 Å². The molecule has 0 saturated heterocycles. The highest BCUT2D eigenvalue weighted by Gasteiger charge is 2.33. The molecule has 35 heavy (non-hydrogen) atoms. The number of nitrogens with one attached hydrogen (secondary N) is 3. The summed E-state index contributed by atoms with van der Waals surface area (Å²) < 4.78 is 5.62. The topological polar surface area (TPSA) is 134 Å². The van der Waals surface area contributed by atoms with E-state index in [0.29, 0.717) is 12.8 Å². The molecule has 0 aromatic heterocycles. The van der Waals surface area contributed by atoms with Gasteiger partial charge in [0.2, 0.25) is 11.8 Å². The van der Waals surface area contributed by atoms with E-state index in [0.717, 1.165) is 35.1 Å². The molecule has 0 spiro atoms. The summed E-state index contributed by atoms with van der Waals surface area (Å²) in [4.78, 5) is 47.6. The summed E-state index contributed by atoms with van der Waals surface area (Å²) in [6, 6.07) is 15.8. The van der Waals surface area contributed by atoms with Crippen LogP contribution in [0.1, 0.15) is 42.7 Å². The van der Waals surface area contributed by atoms with Gasteiger partial charge in [-0.15, -0.1) is 0 Å². The van der Waals surface area contributed by atoms with E-state index in [2.05, 4.69) is 40.2 Å². The fourth-order valence-corrected chi connectivity index (χ4v) is 4.94. The summed E-state index contributed by atoms with van der Waals surface area (Å²) in [5.41, 5.74) is 4.54. The number of carboxylic acids is 1. The van der Waals surface area contributed by atoms with E-state index in [1.807, 2.05) is 24.3 Å². The highest BCUT2D eigenvalue weighted by Crippen LogP contribution is 2.44. The molecule has 9 nitrogen and oxygen atoms in total. The van der Waals surface area contributed by atoms with Crippen molar-refractivity contribution >= 4 is 23.9 Å². The molecule has 2 unspecified atom stereocenters. The molecule has 0 radical (unpaired) electrons. The van der Waals surface area contributed by atoms with Gasteiger partial charge in [0.05, 0.1) is 12.5 Å². The van der Waals surface area contributed by atoms with Gasteiger partial charge in [0.1, 0.15) is 13.2 Å². The Morgan fingerprint density at radius 2 is 1.49 bits per heavy atom. The van der Waals surface area contributed by atoms with Gasteiger partial charge in [0.25, 0.3) is 0 Å². The van der Waals surface area contributed by atoms with Crippen molar-refractivity contribution in [1.82, 2.24) is 16.0 Å². The van der Waals surface area contributed by atoms with Crippen molar-refractivity contribution in [2.75, 3.05) is 19.7 Å². The molecule has 3 amide bonds. The lowest BCUT2D eigenvalue weighted by Gasteiger charge is -2.31. The average Bonchev–Trinajstić information content (AvgIpc) is 3.19. The van der Waals surface area contributed by atoms with Crippen LogP contribution in [0.3, 0.4) is 0 Å². The summed E-state index contributed by atoms with van der Waals surface area (Å²) >= 11 is 0. The van der Waals surface area contributed by atoms with Crippen LogP contribution in [-0.2, 0) is 19.1 Å². The molecule has 0 bridgehead atoms. The first kappa shape index (κ1) is 24.3. The SMILES string of the molecule is O=C(O)CNC(=O)CNC(=O)C1CCCCC1NC(=O)OCC1c2ccccc2-c2ccccc21. The van der Waals surface area contributed by atoms with Crippen LogP contribution in [0.4, 0.5) is 4.79 Å². The second-order valence-electron chi connectivity index (χ2n) is 8.86. The highest BCUT2D eigenvalue weighted by molar-refractivity contribution is 5.88. The number of amides is 3. The number of carbonyl (C=O) groups excluding carboxylic acids is 3. The standard InChI is InChI=1S/C26H29N3O6/c30-23(27-14-24(31)32)13-28-25(33)20-11-5-6-12-22(20)29-26(34)35-15-21-18-9-3-1-7-16(18)17-8-2-4-10-19(17)21/h1-4,7-10,20-22H,5-6,11-15H2,(H,27,30)(H,28,33)(H,29,34)(H,31,32). The van der Waals surface area contributed by atoms with E-state index in [-0.39, 0.29) is 25.0 Å². The van der Waals surface area contributed by atoms with Crippen LogP contribution in [0.25, 0.3) is 11.1 Å². The van der Waals surface area contributed by atoms with Crippen molar-refractivity contribution in [3.63, 3.8) is 0 Å². The van der Waals surface area contributed by atoms with Crippen molar-refractivity contribution in [1.29, 1.82) is 0 Å². The number of hydrogen-bond donors (Lipinski definition) is 4. The Hall–Kier alpha value is -3.88. The zero-order chi connectivity index (χ0) is 24.8. The zero-order valence-corrected chi connectivity index (χ0v) is 19.3. The number of ether oxygens (including phenoxy) is 1. The molecule has 4 rings (SSSR count). The lowest BCUT2D eigenvalue weighted by Crippen LogP contribution is -2.50. The van der Waals surface area contributed by atoms with Crippen molar-refractivity contribution in [3.8, 4) is 11.1 Å². The monoisotopic (exact) mass is 479 g/mol. The van der Waals surface area contributed by atoms with Gasteiger partial charge in [-0.3, -0.25) is 14.4 Å². The van der Waals surface area contributed by atoms with Crippen molar-refractivity contribution in [2.24, 2.45) is 5.92 Å². The quantitative estimate of drug-likeness (QED) is 0.459. The Morgan fingerprint density at radius 1 is 0.857 bits per heavy atom. The Balaban J connectivity index is 1.32. The first-order chi connectivity index (χ1) is 16.9. The van der Waals surface area contributed by atoms with E-state index in [9.17, 15) is 19.2 Å². The molecule has 2 aliphatic carbocycles. The van der Waals surface area contributed by atoms with Crippen LogP contribution >= 0.6 is 0 Å². The molecular weight excluding hydrogens is 450 g/mol. The Labute approximate surface area is 203 Å². The number of benzene rings is 2. The number of fused-ring (bicyclic) bond motifs is 3. The lowest BCUT2D eigenvalue weighted by atomic mass is 9.84. The van der Waals surface area contributed by atoms with E-state index in [1.165, 1.54) is 0 Å². The second-order valence-corrected chi connectivity index (χ2v) is 8.86. The van der Waals surface area contributed by atoms with Gasteiger partial charge >= 0.3 is 12.1 Å². The number of aliphatic carboxylic acids is 1. The summed E-state index contributed by atoms with van der Waals surface area (Å²) in [6.07, 6.45) is 2.35. The first-order valence-corrected chi connectivity index (χ1v) is 11.8. The zero-order valence-electron chi connectivity index (χ0n) is 19.3. The van der Waals surface area contributed by atoms with Crippen LogP contribution < -0.4 is 16.0 Å². The fraction of sp³-hybridized carbons (Fsp3) is 0.385. The molecule has 0 heterocycles. The van der Waals surface area contributed by atoms with E-state index in [4.69, 9.17) is 9.84 Å². The number of hydrogen-bond acceptors (Lipinski definition) is 5. The molecule has 2 aliphatic rings. The van der Waals surface area contributed by atoms with Crippen molar-refractivity contribution < 1.29 is 29.0 Å². The Morgan fingerprint density at radius 3 is 2.14 bits per heavy atom. The minimum Gasteiger partial charge on any atom is -0.480 e. The van der Waals surface area contributed by atoms with E-state index in [1.54, 1.807) is 0 Å². The maximum Gasteiger partial charge on any atom is 0.407 e. The van der Waals surface area contributed by atoms with Crippen molar-refractivity contribution in [2.45, 2.75) is 37.6 Å². The summed E-state index contributed by atoms with van der Waals surface area (Å²) in [7, 11) is 0. The number of carbonyl (C=O) groups is 4. The summed E-state index contributed by atoms with van der Waals surface area (Å²) in [5.74, 6) is -2.64. The third-order valence-corrected chi connectivity index (χ3v) is 6.61. The number of carboxylic acid groups (broad SMARTS) is 1. The molecule has 1 saturated carbocycles. The van der Waals surface area contributed by atoms with Crippen LogP contribution in [0.5, 0.6) is 0 Å². The Bertz CT molecular complexity index is 1070. The number of alkyl carbamates (subject to hydrolysis) is 1. The molecule has 184 valence electrons. The fourth-order valence-electron chi connectivity index (χ4n) is 4.94. The number of rotatable bonds is 8. The van der Waals surface area contributed by atoms with Crippen LogP contribution in [0.15, 0.2) is 48.5 Å². The van der Waals surface area contributed by atoms with Crippen LogP contribution in [0.2, 0.25) is 0 Å². The third-order valence-electron chi connectivity index (χ3n) is 6.61. The average molecular weight is 480 g/mol. The lowest BCUT2D eigenvalue weighted by molar-refractivity contribution is -0.137. The van der Waals surface area contributed by atoms with Crippen LogP contribution in [-0.4, -0.2) is 54.7 Å². The van der Waals surface area contributed by atoms with Gasteiger partial charge in [-0.2, -0.15) is 0 Å². The van der Waals surface area contributed by atoms with Gasteiger partial charge in [0.15, 0.2) is 0 Å². The molecule has 4 N–H and O–H groups in total. The largest absolute Gasteiger partial charge is 0.480 e. The van der Waals surface area contributed by atoms with E-state index < -0.39 is 36.5 Å². The van der Waals surface area contributed by atoms with Gasteiger partial charge in [0, 0.05) is 12.0 Å². The predicted octanol–water partition coefficient (Wildman–Crippen LogP) is 2.40. The smallest absolute Gasteiger partial charge is 0.407 e. The first-order valence-electron chi connectivity index (χ1n) is 11.8. The van der Waals surface area contributed by atoms with Gasteiger partial charge in [-0.25, -0.2) is 4.79 Å². The van der Waals surface area contributed by atoms with Gasteiger partial charge < -0.3 is 25.8 Å².